The first kappa shape index (κ1) is 21.1. The predicted molar refractivity (Wildman–Crippen MR) is 114 cm³/mol. The molecule has 2 aromatic heterocycles. The number of piperidine rings is 1. The number of alkyl halides is 3. The van der Waals surface area contributed by atoms with Crippen LogP contribution in [0.4, 0.5) is 19.1 Å². The van der Waals surface area contributed by atoms with Crippen molar-refractivity contribution in [3.05, 3.63) is 52.4 Å². The first-order valence-electron chi connectivity index (χ1n) is 10.6. The summed E-state index contributed by atoms with van der Waals surface area (Å²) in [7, 11) is 0. The van der Waals surface area contributed by atoms with Crippen molar-refractivity contribution in [1.82, 2.24) is 20.3 Å². The van der Waals surface area contributed by atoms with E-state index in [2.05, 4.69) is 20.3 Å². The second-order valence-electron chi connectivity index (χ2n) is 8.27. The number of nitrogens with one attached hydrogen (secondary N) is 2. The van der Waals surface area contributed by atoms with Gasteiger partial charge in [-0.2, -0.15) is 13.2 Å². The number of benzene rings is 1. The lowest BCUT2D eigenvalue weighted by Crippen LogP contribution is -2.42. The van der Waals surface area contributed by atoms with Gasteiger partial charge in [-0.15, -0.1) is 0 Å². The summed E-state index contributed by atoms with van der Waals surface area (Å²) in [6, 6.07) is 6.09. The molecule has 6 nitrogen and oxygen atoms in total. The van der Waals surface area contributed by atoms with Gasteiger partial charge in [0, 0.05) is 46.8 Å². The number of halogens is 4. The Bertz CT molecular complexity index is 1180. The lowest BCUT2D eigenvalue weighted by molar-refractivity contribution is -0.141. The average Bonchev–Trinajstić information content (AvgIpc) is 3.13. The third-order valence-corrected chi connectivity index (χ3v) is 6.55. The normalized spacial score (nSPS) is 21.5. The van der Waals surface area contributed by atoms with Gasteiger partial charge in [-0.05, 0) is 55.5 Å². The van der Waals surface area contributed by atoms with E-state index in [0.29, 0.717) is 31.0 Å². The van der Waals surface area contributed by atoms with E-state index >= 15 is 0 Å². The van der Waals surface area contributed by atoms with Gasteiger partial charge >= 0.3 is 6.18 Å². The molecule has 2 atom stereocenters. The minimum Gasteiger partial charge on any atom is -0.356 e. The number of fused-ring (bicyclic) bond motifs is 3. The van der Waals surface area contributed by atoms with Crippen LogP contribution in [0.2, 0.25) is 5.02 Å². The zero-order valence-electron chi connectivity index (χ0n) is 17.0. The van der Waals surface area contributed by atoms with E-state index in [1.165, 1.54) is 0 Å². The predicted octanol–water partition coefficient (Wildman–Crippen LogP) is 4.65. The van der Waals surface area contributed by atoms with Gasteiger partial charge < -0.3 is 15.2 Å². The van der Waals surface area contributed by atoms with E-state index < -0.39 is 11.9 Å². The molecule has 0 saturated carbocycles. The molecule has 2 aliphatic rings. The van der Waals surface area contributed by atoms with E-state index in [1.54, 1.807) is 11.0 Å². The molecule has 1 fully saturated rings. The number of H-pyrrole nitrogens is 1. The highest BCUT2D eigenvalue weighted by Gasteiger charge is 2.38. The molecule has 168 valence electrons. The van der Waals surface area contributed by atoms with Crippen molar-refractivity contribution in [1.29, 1.82) is 0 Å². The van der Waals surface area contributed by atoms with E-state index in [9.17, 15) is 18.0 Å². The van der Waals surface area contributed by atoms with E-state index in [-0.39, 0.29) is 23.8 Å². The number of aromatic nitrogens is 3. The van der Waals surface area contributed by atoms with Crippen molar-refractivity contribution in [2.45, 2.75) is 37.9 Å². The third kappa shape index (κ3) is 3.79. The van der Waals surface area contributed by atoms with Gasteiger partial charge in [0.2, 0.25) is 11.9 Å². The monoisotopic (exact) mass is 463 g/mol. The largest absolute Gasteiger partial charge is 0.433 e. The Hall–Kier alpha value is -2.81. The number of carbonyl (C=O) groups excluding carboxylic acids is 1. The minimum absolute atomic E-state index is 0.0170. The first-order chi connectivity index (χ1) is 15.3. The molecule has 0 bridgehead atoms. The van der Waals surface area contributed by atoms with Crippen molar-refractivity contribution in [2.24, 2.45) is 5.92 Å². The van der Waals surface area contributed by atoms with E-state index in [1.807, 2.05) is 12.1 Å². The van der Waals surface area contributed by atoms with Gasteiger partial charge in [0.25, 0.3) is 0 Å². The highest BCUT2D eigenvalue weighted by Crippen LogP contribution is 2.41. The van der Waals surface area contributed by atoms with Gasteiger partial charge in [-0.25, -0.2) is 9.97 Å². The molecule has 10 heteroatoms. The molecule has 0 spiro atoms. The molecule has 1 aromatic carbocycles. The Kier molecular flexibility index (Phi) is 5.23. The molecule has 2 aliphatic heterocycles. The summed E-state index contributed by atoms with van der Waals surface area (Å²) in [6.07, 6.45) is -0.758. The Morgan fingerprint density at radius 1 is 1.25 bits per heavy atom. The molecule has 0 radical (unpaired) electrons. The van der Waals surface area contributed by atoms with Gasteiger partial charge in [0.05, 0.1) is 6.04 Å². The third-order valence-electron chi connectivity index (χ3n) is 6.31. The van der Waals surface area contributed by atoms with Crippen LogP contribution in [0.5, 0.6) is 0 Å². The number of carbonyl (C=O) groups is 1. The molecule has 0 aliphatic carbocycles. The summed E-state index contributed by atoms with van der Waals surface area (Å²) < 4.78 is 39.9. The van der Waals surface area contributed by atoms with Crippen molar-refractivity contribution >= 4 is 34.4 Å². The summed E-state index contributed by atoms with van der Waals surface area (Å²) in [4.78, 5) is 25.7. The Labute approximate surface area is 187 Å². The zero-order valence-corrected chi connectivity index (χ0v) is 17.8. The van der Waals surface area contributed by atoms with Crippen LogP contribution in [0.25, 0.3) is 10.9 Å². The molecule has 3 aromatic rings. The van der Waals surface area contributed by atoms with Crippen LogP contribution in [0.3, 0.4) is 0 Å². The number of hydrogen-bond donors (Lipinski definition) is 2. The molecule has 2 unspecified atom stereocenters. The van der Waals surface area contributed by atoms with E-state index in [4.69, 9.17) is 11.6 Å². The highest BCUT2D eigenvalue weighted by atomic mass is 35.5. The number of amides is 1. The minimum atomic E-state index is -4.56. The molecular formula is C22H21ClF3N5O. The van der Waals surface area contributed by atoms with Gasteiger partial charge in [0.15, 0.2) is 0 Å². The molecule has 1 amide bonds. The lowest BCUT2D eigenvalue weighted by Gasteiger charge is -2.38. The van der Waals surface area contributed by atoms with Crippen molar-refractivity contribution in [2.75, 3.05) is 18.0 Å². The fraction of sp³-hybridized carbons (Fsp3) is 0.409. The number of aromatic amines is 1. The summed E-state index contributed by atoms with van der Waals surface area (Å²) in [5.41, 5.74) is 1.88. The quantitative estimate of drug-likeness (QED) is 0.593. The van der Waals surface area contributed by atoms with Crippen LogP contribution < -0.4 is 10.2 Å². The molecule has 2 N–H and O–H groups in total. The van der Waals surface area contributed by atoms with Gasteiger partial charge in [0.1, 0.15) is 5.69 Å². The van der Waals surface area contributed by atoms with Crippen LogP contribution >= 0.6 is 11.6 Å². The Morgan fingerprint density at radius 3 is 2.88 bits per heavy atom. The summed E-state index contributed by atoms with van der Waals surface area (Å²) in [5, 5.41) is 4.51. The Balaban J connectivity index is 1.59. The maximum Gasteiger partial charge on any atom is 0.433 e. The fourth-order valence-electron chi connectivity index (χ4n) is 4.80. The number of anilines is 1. The van der Waals surface area contributed by atoms with Crippen LogP contribution in [0.1, 0.15) is 42.3 Å². The summed E-state index contributed by atoms with van der Waals surface area (Å²) in [5.74, 6) is -0.237. The van der Waals surface area contributed by atoms with Crippen LogP contribution in [-0.4, -0.2) is 33.9 Å². The number of nitrogens with zero attached hydrogens (tertiary/aromatic N) is 3. The topological polar surface area (TPSA) is 73.9 Å². The molecule has 32 heavy (non-hydrogen) atoms. The van der Waals surface area contributed by atoms with Gasteiger partial charge in [-0.3, -0.25) is 4.79 Å². The second kappa shape index (κ2) is 7.95. The number of hydrogen-bond acceptors (Lipinski definition) is 4. The Morgan fingerprint density at radius 2 is 2.09 bits per heavy atom. The van der Waals surface area contributed by atoms with Gasteiger partial charge in [-0.1, -0.05) is 11.6 Å². The van der Waals surface area contributed by atoms with Crippen molar-refractivity contribution in [3.63, 3.8) is 0 Å². The molecule has 5 rings (SSSR count). The van der Waals surface area contributed by atoms with Crippen molar-refractivity contribution in [3.8, 4) is 0 Å². The maximum atomic E-state index is 13.3. The maximum absolute atomic E-state index is 13.3. The van der Waals surface area contributed by atoms with Crippen LogP contribution in [0, 0.1) is 5.92 Å². The smallest absolute Gasteiger partial charge is 0.356 e. The van der Waals surface area contributed by atoms with Crippen molar-refractivity contribution < 1.29 is 18.0 Å². The highest BCUT2D eigenvalue weighted by molar-refractivity contribution is 6.31. The number of rotatable bonds is 3. The SMILES string of the molecule is O=C1NCCCC1CC1c2[nH]c3ccc(Cl)cc3c2CCN1c1nccc(C(F)(F)F)n1. The first-order valence-corrected chi connectivity index (χ1v) is 10.9. The average molecular weight is 464 g/mol. The molecular weight excluding hydrogens is 443 g/mol. The molecule has 1 saturated heterocycles. The second-order valence-corrected chi connectivity index (χ2v) is 8.71. The molecule has 4 heterocycles. The fourth-order valence-corrected chi connectivity index (χ4v) is 4.97. The van der Waals surface area contributed by atoms with Crippen LogP contribution in [0.15, 0.2) is 30.5 Å². The zero-order chi connectivity index (χ0) is 22.5. The van der Waals surface area contributed by atoms with Crippen LogP contribution in [-0.2, 0) is 17.4 Å². The lowest BCUT2D eigenvalue weighted by atomic mass is 9.86. The summed E-state index contributed by atoms with van der Waals surface area (Å²) >= 11 is 6.21. The summed E-state index contributed by atoms with van der Waals surface area (Å²) in [6.45, 7) is 1.09. The standard InChI is InChI=1S/C22H21ClF3N5O/c23-13-3-4-16-15(11-13)14-6-9-31(21-28-8-5-18(30-21)22(24,25)26)17(19(14)29-16)10-12-2-1-7-27-20(12)32/h3-5,8,11-12,17,29H,1-2,6-7,9-10H2,(H,27,32). The van der Waals surface area contributed by atoms with E-state index in [0.717, 1.165) is 47.3 Å².